The van der Waals surface area contributed by atoms with E-state index in [0.717, 1.165) is 44.8 Å². The number of halogens is 1. The molecule has 148 valence electrons. The van der Waals surface area contributed by atoms with Crippen molar-refractivity contribution < 1.29 is 13.2 Å². The summed E-state index contributed by atoms with van der Waals surface area (Å²) >= 11 is 0. The van der Waals surface area contributed by atoms with Crippen LogP contribution in [0.3, 0.4) is 0 Å². The summed E-state index contributed by atoms with van der Waals surface area (Å²) < 4.78 is 31.0. The average molecular weight is 404 g/mol. The lowest BCUT2D eigenvalue weighted by atomic mass is 9.95. The predicted octanol–water partition coefficient (Wildman–Crippen LogP) is 1.73. The van der Waals surface area contributed by atoms with E-state index in [9.17, 15) is 8.42 Å². The third-order valence-electron chi connectivity index (χ3n) is 5.30. The molecular weight excluding hydrogens is 374 g/mol. The highest BCUT2D eigenvalue weighted by Crippen LogP contribution is 2.31. The molecule has 0 amide bonds. The zero-order valence-electron chi connectivity index (χ0n) is 15.6. The van der Waals surface area contributed by atoms with E-state index in [1.807, 2.05) is 12.1 Å². The van der Waals surface area contributed by atoms with Gasteiger partial charge in [-0.3, -0.25) is 4.90 Å². The minimum absolute atomic E-state index is 0. The van der Waals surface area contributed by atoms with Gasteiger partial charge in [-0.2, -0.15) is 0 Å². The highest BCUT2D eigenvalue weighted by Gasteiger charge is 2.31. The zero-order valence-corrected chi connectivity index (χ0v) is 17.2. The summed E-state index contributed by atoms with van der Waals surface area (Å²) in [6.45, 7) is 5.06. The highest BCUT2D eigenvalue weighted by molar-refractivity contribution is 7.88. The number of rotatable bonds is 5. The van der Waals surface area contributed by atoms with Gasteiger partial charge in [0, 0.05) is 44.8 Å². The number of nitrogens with one attached hydrogen (secondary N) is 1. The van der Waals surface area contributed by atoms with Crippen LogP contribution in [0.5, 0.6) is 5.75 Å². The highest BCUT2D eigenvalue weighted by atomic mass is 35.5. The quantitative estimate of drug-likeness (QED) is 0.811. The van der Waals surface area contributed by atoms with Crippen molar-refractivity contribution in [3.05, 3.63) is 29.8 Å². The number of piperazine rings is 1. The molecule has 0 saturated carbocycles. The van der Waals surface area contributed by atoms with Crippen LogP contribution in [0.15, 0.2) is 24.3 Å². The second kappa shape index (κ2) is 9.37. The van der Waals surface area contributed by atoms with Crippen LogP contribution in [0.4, 0.5) is 0 Å². The van der Waals surface area contributed by atoms with Crippen LogP contribution in [0.25, 0.3) is 0 Å². The number of sulfonamides is 1. The van der Waals surface area contributed by atoms with E-state index < -0.39 is 10.0 Å². The molecule has 0 aliphatic carbocycles. The lowest BCUT2D eigenvalue weighted by Crippen LogP contribution is -2.50. The summed E-state index contributed by atoms with van der Waals surface area (Å²) in [6, 6.07) is 8.45. The van der Waals surface area contributed by atoms with E-state index in [4.69, 9.17) is 4.74 Å². The van der Waals surface area contributed by atoms with E-state index >= 15 is 0 Å². The molecule has 2 aliphatic rings. The summed E-state index contributed by atoms with van der Waals surface area (Å²) in [6.07, 6.45) is 3.36. The molecule has 2 atom stereocenters. The van der Waals surface area contributed by atoms with Gasteiger partial charge in [0.05, 0.1) is 19.4 Å². The molecule has 0 aromatic heterocycles. The monoisotopic (exact) mass is 403 g/mol. The molecule has 0 radical (unpaired) electrons. The summed E-state index contributed by atoms with van der Waals surface area (Å²) in [7, 11) is -1.38. The Morgan fingerprint density at radius 2 is 2.04 bits per heavy atom. The fourth-order valence-electron chi connectivity index (χ4n) is 4.02. The van der Waals surface area contributed by atoms with Crippen LogP contribution >= 0.6 is 12.4 Å². The molecule has 3 rings (SSSR count). The lowest BCUT2D eigenvalue weighted by molar-refractivity contribution is 0.114. The van der Waals surface area contributed by atoms with Gasteiger partial charge in [-0.1, -0.05) is 18.2 Å². The number of nitrogens with zero attached hydrogens (tertiary/aromatic N) is 2. The van der Waals surface area contributed by atoms with Gasteiger partial charge in [0.25, 0.3) is 0 Å². The summed E-state index contributed by atoms with van der Waals surface area (Å²) in [5, 5.41) is 3.48. The van der Waals surface area contributed by atoms with Crippen molar-refractivity contribution >= 4 is 22.4 Å². The van der Waals surface area contributed by atoms with Crippen LogP contribution in [0.2, 0.25) is 0 Å². The third-order valence-corrected chi connectivity index (χ3v) is 6.57. The smallest absolute Gasteiger partial charge is 0.211 e. The van der Waals surface area contributed by atoms with Crippen LogP contribution in [0.1, 0.15) is 24.4 Å². The number of methoxy groups -OCH3 is 1. The fraction of sp³-hybridized carbons (Fsp3) is 0.667. The van der Waals surface area contributed by atoms with E-state index in [1.165, 1.54) is 11.8 Å². The maximum absolute atomic E-state index is 11.9. The second-order valence-corrected chi connectivity index (χ2v) is 9.07. The number of hydrogen-bond donors (Lipinski definition) is 1. The van der Waals surface area contributed by atoms with Gasteiger partial charge >= 0.3 is 0 Å². The van der Waals surface area contributed by atoms with Crippen molar-refractivity contribution in [2.45, 2.75) is 18.9 Å². The Labute approximate surface area is 163 Å². The number of benzene rings is 1. The van der Waals surface area contributed by atoms with Gasteiger partial charge in [-0.15, -0.1) is 12.4 Å². The molecule has 1 N–H and O–H groups in total. The van der Waals surface area contributed by atoms with Gasteiger partial charge in [0.15, 0.2) is 0 Å². The predicted molar refractivity (Wildman–Crippen MR) is 107 cm³/mol. The lowest BCUT2D eigenvalue weighted by Gasteiger charge is -2.41. The van der Waals surface area contributed by atoms with Crippen molar-refractivity contribution in [3.63, 3.8) is 0 Å². The summed E-state index contributed by atoms with van der Waals surface area (Å²) in [5.41, 5.74) is 1.20. The van der Waals surface area contributed by atoms with Gasteiger partial charge in [0.2, 0.25) is 10.0 Å². The van der Waals surface area contributed by atoms with E-state index in [-0.39, 0.29) is 18.4 Å². The van der Waals surface area contributed by atoms with Crippen molar-refractivity contribution in [3.8, 4) is 5.75 Å². The first-order valence-electron chi connectivity index (χ1n) is 9.02. The fourth-order valence-corrected chi connectivity index (χ4v) is 4.96. The Morgan fingerprint density at radius 3 is 2.77 bits per heavy atom. The van der Waals surface area contributed by atoms with Gasteiger partial charge < -0.3 is 10.1 Å². The number of ether oxygens (including phenoxy) is 1. The molecule has 26 heavy (non-hydrogen) atoms. The Balaban J connectivity index is 0.00000243. The van der Waals surface area contributed by atoms with Crippen molar-refractivity contribution in [2.75, 3.05) is 52.6 Å². The maximum atomic E-state index is 11.9. The molecule has 2 aliphatic heterocycles. The average Bonchev–Trinajstić information content (AvgIpc) is 2.62. The summed E-state index contributed by atoms with van der Waals surface area (Å²) in [5.74, 6) is 1.31. The standard InChI is InChI=1S/C18H29N3O3S.ClH/c1-24-18-8-4-3-7-16(18)17-12-19-9-11-20(17)13-15-6-5-10-21(14-15)25(2,22)23;/h3-4,7-8,15,17,19H,5-6,9-14H2,1-2H3;1H. The van der Waals surface area contributed by atoms with Crippen LogP contribution in [-0.2, 0) is 10.0 Å². The molecule has 1 aromatic carbocycles. The first-order chi connectivity index (χ1) is 12.0. The minimum atomic E-state index is -3.09. The van der Waals surface area contributed by atoms with E-state index in [0.29, 0.717) is 19.0 Å². The minimum Gasteiger partial charge on any atom is -0.496 e. The molecule has 2 heterocycles. The molecule has 8 heteroatoms. The normalized spacial score (nSPS) is 25.5. The third kappa shape index (κ3) is 5.10. The van der Waals surface area contributed by atoms with Crippen LogP contribution in [-0.4, -0.2) is 70.3 Å². The molecule has 0 bridgehead atoms. The Bertz CT molecular complexity index is 686. The molecule has 2 unspecified atom stereocenters. The molecule has 1 aromatic rings. The summed E-state index contributed by atoms with van der Waals surface area (Å²) in [4.78, 5) is 2.49. The molecule has 6 nitrogen and oxygen atoms in total. The van der Waals surface area contributed by atoms with E-state index in [2.05, 4.69) is 22.3 Å². The first kappa shape index (κ1) is 21.4. The van der Waals surface area contributed by atoms with Gasteiger partial charge in [-0.05, 0) is 24.8 Å². The largest absolute Gasteiger partial charge is 0.496 e. The SMILES string of the molecule is COc1ccccc1C1CNCCN1CC1CCCN(S(C)(=O)=O)C1.Cl. The first-order valence-corrected chi connectivity index (χ1v) is 10.9. The zero-order chi connectivity index (χ0) is 17.9. The Hall–Kier alpha value is -0.860. The van der Waals surface area contributed by atoms with Crippen molar-refractivity contribution in [1.29, 1.82) is 0 Å². The molecule has 2 saturated heterocycles. The second-order valence-electron chi connectivity index (χ2n) is 7.09. The topological polar surface area (TPSA) is 61.9 Å². The Kier molecular flexibility index (Phi) is 7.73. The Morgan fingerprint density at radius 1 is 1.27 bits per heavy atom. The van der Waals surface area contributed by atoms with Crippen molar-refractivity contribution in [1.82, 2.24) is 14.5 Å². The maximum Gasteiger partial charge on any atom is 0.211 e. The van der Waals surface area contributed by atoms with Crippen LogP contribution in [0, 0.1) is 5.92 Å². The van der Waals surface area contributed by atoms with Gasteiger partial charge in [-0.25, -0.2) is 12.7 Å². The van der Waals surface area contributed by atoms with Gasteiger partial charge in [0.1, 0.15) is 5.75 Å². The number of para-hydroxylation sites is 1. The van der Waals surface area contributed by atoms with Crippen LogP contribution < -0.4 is 10.1 Å². The van der Waals surface area contributed by atoms with Crippen molar-refractivity contribution in [2.24, 2.45) is 5.92 Å². The number of hydrogen-bond acceptors (Lipinski definition) is 5. The molecule has 0 spiro atoms. The van der Waals surface area contributed by atoms with E-state index in [1.54, 1.807) is 11.4 Å². The molecule has 2 fully saturated rings. The molecular formula is C18H30ClN3O3S. The number of piperidine rings is 1.